The van der Waals surface area contributed by atoms with E-state index in [1.807, 2.05) is 44.2 Å². The van der Waals surface area contributed by atoms with Crippen molar-refractivity contribution in [3.8, 4) is 0 Å². The smallest absolute Gasteiger partial charge is 0.330 e. The Morgan fingerprint density at radius 1 is 1.28 bits per heavy atom. The first kappa shape index (κ1) is 21.2. The Bertz CT molecular complexity index is 801. The van der Waals surface area contributed by atoms with Crippen molar-refractivity contribution in [2.75, 3.05) is 18.9 Å². The number of ether oxygens (including phenoxy) is 1. The van der Waals surface area contributed by atoms with Crippen LogP contribution in [-0.2, 0) is 24.0 Å². The van der Waals surface area contributed by atoms with Crippen LogP contribution in [0.1, 0.15) is 32.3 Å². The summed E-state index contributed by atoms with van der Waals surface area (Å²) in [5.74, 6) is -0.805. The first-order chi connectivity index (χ1) is 13.8. The van der Waals surface area contributed by atoms with Gasteiger partial charge in [0.05, 0.1) is 0 Å². The molecule has 0 spiro atoms. The van der Waals surface area contributed by atoms with Crippen molar-refractivity contribution >= 4 is 35.6 Å². The molecule has 0 unspecified atom stereocenters. The molecule has 3 rings (SSSR count). The Kier molecular flexibility index (Phi) is 6.46. The third kappa shape index (κ3) is 4.55. The van der Waals surface area contributed by atoms with Gasteiger partial charge in [-0.1, -0.05) is 44.2 Å². The summed E-state index contributed by atoms with van der Waals surface area (Å²) in [6, 6.07) is 8.25. The summed E-state index contributed by atoms with van der Waals surface area (Å²) >= 11 is 1.55. The zero-order valence-electron chi connectivity index (χ0n) is 16.5. The molecule has 0 bridgehead atoms. The van der Waals surface area contributed by atoms with Crippen LogP contribution < -0.4 is 10.6 Å². The minimum atomic E-state index is -0.752. The number of carbonyl (C=O) groups is 4. The van der Waals surface area contributed by atoms with Crippen LogP contribution in [0.2, 0.25) is 0 Å². The van der Waals surface area contributed by atoms with Gasteiger partial charge in [-0.05, 0) is 17.9 Å². The van der Waals surface area contributed by atoms with Gasteiger partial charge in [0.15, 0.2) is 6.61 Å². The number of nitrogens with zero attached hydrogens (tertiary/aromatic N) is 1. The van der Waals surface area contributed by atoms with Crippen LogP contribution >= 0.6 is 11.8 Å². The van der Waals surface area contributed by atoms with Crippen molar-refractivity contribution in [1.82, 2.24) is 15.5 Å². The van der Waals surface area contributed by atoms with Crippen LogP contribution in [0.5, 0.6) is 0 Å². The second-order valence-electron chi connectivity index (χ2n) is 7.50. The first-order valence-electron chi connectivity index (χ1n) is 9.59. The molecule has 2 saturated heterocycles. The number of fused-ring (bicyclic) bond motifs is 1. The lowest BCUT2D eigenvalue weighted by Gasteiger charge is -2.33. The van der Waals surface area contributed by atoms with Gasteiger partial charge in [-0.2, -0.15) is 0 Å². The van der Waals surface area contributed by atoms with E-state index in [0.717, 1.165) is 5.56 Å². The van der Waals surface area contributed by atoms with Crippen molar-refractivity contribution in [2.24, 2.45) is 5.92 Å². The molecule has 156 valence electrons. The Labute approximate surface area is 173 Å². The second-order valence-corrected chi connectivity index (χ2v) is 8.80. The molecule has 4 amide bonds. The van der Waals surface area contributed by atoms with Crippen LogP contribution in [0.15, 0.2) is 30.3 Å². The number of rotatable bonds is 6. The van der Waals surface area contributed by atoms with Gasteiger partial charge in [-0.25, -0.2) is 9.59 Å². The zero-order valence-corrected chi connectivity index (χ0v) is 17.3. The maximum absolute atomic E-state index is 12.6. The number of amides is 4. The van der Waals surface area contributed by atoms with E-state index in [2.05, 4.69) is 10.6 Å². The third-order valence-electron chi connectivity index (χ3n) is 4.89. The van der Waals surface area contributed by atoms with Gasteiger partial charge in [0.2, 0.25) is 5.91 Å². The molecule has 0 aromatic heterocycles. The molecular formula is C20H25N3O5S. The largest absolute Gasteiger partial charge is 0.454 e. The quantitative estimate of drug-likeness (QED) is 0.679. The van der Waals surface area contributed by atoms with Crippen molar-refractivity contribution < 1.29 is 23.9 Å². The third-order valence-corrected chi connectivity index (χ3v) is 6.49. The van der Waals surface area contributed by atoms with Crippen LogP contribution in [0.3, 0.4) is 0 Å². The van der Waals surface area contributed by atoms with E-state index >= 15 is 0 Å². The van der Waals surface area contributed by atoms with E-state index in [-0.39, 0.29) is 11.8 Å². The highest BCUT2D eigenvalue weighted by molar-refractivity contribution is 8.00. The van der Waals surface area contributed by atoms with Crippen molar-refractivity contribution in [3.63, 3.8) is 0 Å². The average Bonchev–Trinajstić information content (AvgIpc) is 3.24. The molecular weight excluding hydrogens is 394 g/mol. The molecule has 1 aromatic carbocycles. The van der Waals surface area contributed by atoms with Crippen LogP contribution in [0.25, 0.3) is 0 Å². The van der Waals surface area contributed by atoms with E-state index in [4.69, 9.17) is 4.74 Å². The molecule has 0 saturated carbocycles. The number of urea groups is 1. The molecule has 9 heteroatoms. The molecule has 2 heterocycles. The lowest BCUT2D eigenvalue weighted by Crippen LogP contribution is -2.47. The molecule has 29 heavy (non-hydrogen) atoms. The van der Waals surface area contributed by atoms with Gasteiger partial charge >= 0.3 is 12.0 Å². The minimum absolute atomic E-state index is 0.0988. The Morgan fingerprint density at radius 2 is 2.00 bits per heavy atom. The normalized spacial score (nSPS) is 23.1. The van der Waals surface area contributed by atoms with E-state index in [1.165, 1.54) is 0 Å². The average molecular weight is 420 g/mol. The first-order valence-corrected chi connectivity index (χ1v) is 10.6. The van der Waals surface area contributed by atoms with Crippen molar-refractivity contribution in [1.29, 1.82) is 0 Å². The SMILES string of the molecule is CC(C)CNC(=O)NC(=O)COC(=O)[C@H]1CS[C@]2(c3ccccc3)CCC(=O)N12. The Morgan fingerprint density at radius 3 is 2.69 bits per heavy atom. The fourth-order valence-electron chi connectivity index (χ4n) is 3.55. The minimum Gasteiger partial charge on any atom is -0.454 e. The number of esters is 1. The van der Waals surface area contributed by atoms with Gasteiger partial charge in [0, 0.05) is 18.7 Å². The van der Waals surface area contributed by atoms with Crippen LogP contribution in [0, 0.1) is 5.92 Å². The highest BCUT2D eigenvalue weighted by atomic mass is 32.2. The summed E-state index contributed by atoms with van der Waals surface area (Å²) in [6.07, 6.45) is 0.989. The highest BCUT2D eigenvalue weighted by Crippen LogP contribution is 2.54. The molecule has 2 atom stereocenters. The number of imide groups is 1. The predicted octanol–water partition coefficient (Wildman–Crippen LogP) is 1.60. The number of benzene rings is 1. The summed E-state index contributed by atoms with van der Waals surface area (Å²) in [5, 5.41) is 4.67. The van der Waals surface area contributed by atoms with Crippen molar-refractivity contribution in [3.05, 3.63) is 35.9 Å². The molecule has 0 radical (unpaired) electrons. The van der Waals surface area contributed by atoms with Gasteiger partial charge in [-0.3, -0.25) is 14.9 Å². The van der Waals surface area contributed by atoms with Crippen LogP contribution in [0.4, 0.5) is 4.79 Å². The molecule has 2 aliphatic rings. The highest BCUT2D eigenvalue weighted by Gasteiger charge is 2.57. The molecule has 8 nitrogen and oxygen atoms in total. The standard InChI is InChI=1S/C20H25N3O5S/c1-13(2)10-21-19(27)22-16(24)11-28-18(26)15-12-29-20(9-8-17(25)23(15)20)14-6-4-3-5-7-14/h3-7,13,15H,8-12H2,1-2H3,(H2,21,22,24,27)/t15-,20+/m1/s1. The summed E-state index contributed by atoms with van der Waals surface area (Å²) < 4.78 is 5.11. The Hall–Kier alpha value is -2.55. The van der Waals surface area contributed by atoms with E-state index in [9.17, 15) is 19.2 Å². The monoisotopic (exact) mass is 419 g/mol. The van der Waals surface area contributed by atoms with Gasteiger partial charge in [-0.15, -0.1) is 11.8 Å². The maximum atomic E-state index is 12.6. The summed E-state index contributed by atoms with van der Waals surface area (Å²) in [5.41, 5.74) is 0.978. The summed E-state index contributed by atoms with van der Waals surface area (Å²) in [6.45, 7) is 3.71. The van der Waals surface area contributed by atoms with Crippen LogP contribution in [-0.4, -0.2) is 53.7 Å². The molecule has 2 fully saturated rings. The molecule has 2 N–H and O–H groups in total. The maximum Gasteiger partial charge on any atom is 0.330 e. The van der Waals surface area contributed by atoms with E-state index in [0.29, 0.717) is 25.1 Å². The van der Waals surface area contributed by atoms with Gasteiger partial charge in [0.1, 0.15) is 10.9 Å². The van der Waals surface area contributed by atoms with E-state index < -0.39 is 35.4 Å². The number of hydrogen-bond donors (Lipinski definition) is 2. The van der Waals surface area contributed by atoms with E-state index in [1.54, 1.807) is 16.7 Å². The van der Waals surface area contributed by atoms with Gasteiger partial charge < -0.3 is 15.0 Å². The predicted molar refractivity (Wildman–Crippen MR) is 108 cm³/mol. The number of nitrogens with one attached hydrogen (secondary N) is 2. The number of thioether (sulfide) groups is 1. The topological polar surface area (TPSA) is 105 Å². The molecule has 0 aliphatic carbocycles. The number of carbonyl (C=O) groups excluding carboxylic acids is 4. The molecule has 1 aromatic rings. The second kappa shape index (κ2) is 8.86. The summed E-state index contributed by atoms with van der Waals surface area (Å²) in [4.78, 5) is 49.6. The molecule has 2 aliphatic heterocycles. The lowest BCUT2D eigenvalue weighted by atomic mass is 10.0. The number of hydrogen-bond acceptors (Lipinski definition) is 6. The van der Waals surface area contributed by atoms with Crippen molar-refractivity contribution in [2.45, 2.75) is 37.6 Å². The lowest BCUT2D eigenvalue weighted by molar-refractivity contribution is -0.156. The fourth-order valence-corrected chi connectivity index (χ4v) is 5.19. The fraction of sp³-hybridized carbons (Fsp3) is 0.500. The summed E-state index contributed by atoms with van der Waals surface area (Å²) in [7, 11) is 0. The zero-order chi connectivity index (χ0) is 21.0. The Balaban J connectivity index is 1.58. The van der Waals surface area contributed by atoms with Gasteiger partial charge in [0.25, 0.3) is 5.91 Å².